The van der Waals surface area contributed by atoms with Crippen LogP contribution >= 0.6 is 0 Å². The van der Waals surface area contributed by atoms with E-state index in [1.54, 1.807) is 24.4 Å². The van der Waals surface area contributed by atoms with E-state index >= 15 is 0 Å². The first-order chi connectivity index (χ1) is 9.26. The predicted molar refractivity (Wildman–Crippen MR) is 67.4 cm³/mol. The minimum absolute atomic E-state index is 0.234. The highest BCUT2D eigenvalue weighted by Crippen LogP contribution is 2.12. The van der Waals surface area contributed by atoms with E-state index in [1.165, 1.54) is 6.39 Å². The summed E-state index contributed by atoms with van der Waals surface area (Å²) in [5, 5.41) is 12.0. The Morgan fingerprint density at radius 2 is 2.32 bits per heavy atom. The lowest BCUT2D eigenvalue weighted by Gasteiger charge is -2.14. The molecule has 2 aromatic heterocycles. The van der Waals surface area contributed by atoms with Gasteiger partial charge in [0.25, 0.3) is 5.91 Å². The van der Waals surface area contributed by atoms with E-state index in [1.807, 2.05) is 6.92 Å². The molecule has 0 aliphatic rings. The lowest BCUT2D eigenvalue weighted by atomic mass is 10.2. The quantitative estimate of drug-likeness (QED) is 0.841. The van der Waals surface area contributed by atoms with E-state index in [2.05, 4.69) is 15.3 Å². The van der Waals surface area contributed by atoms with E-state index in [0.717, 1.165) is 0 Å². The standard InChI is InChI=1S/C13H15N3O3/c1-2-11-12(15-8-19-11)13(18)16-10(7-17)9-5-3-4-6-14-9/h3-6,8,10,17H,2,7H2,1H3,(H,16,18). The number of aliphatic hydroxyl groups excluding tert-OH is 1. The van der Waals surface area contributed by atoms with Crippen LogP contribution in [0, 0.1) is 0 Å². The SMILES string of the molecule is CCc1ocnc1C(=O)NC(CO)c1ccccn1. The Kier molecular flexibility index (Phi) is 4.25. The number of carbonyl (C=O) groups excluding carboxylic acids is 1. The third-order valence-corrected chi connectivity index (χ3v) is 2.71. The molecule has 2 N–H and O–H groups in total. The van der Waals surface area contributed by atoms with Gasteiger partial charge >= 0.3 is 0 Å². The minimum atomic E-state index is -0.560. The monoisotopic (exact) mass is 261 g/mol. The number of nitrogens with one attached hydrogen (secondary N) is 1. The average Bonchev–Trinajstić information content (AvgIpc) is 2.94. The molecule has 2 rings (SSSR count). The molecule has 0 aliphatic carbocycles. The van der Waals surface area contributed by atoms with Gasteiger partial charge in [-0.05, 0) is 12.1 Å². The maximum absolute atomic E-state index is 12.1. The molecule has 6 heteroatoms. The zero-order valence-corrected chi connectivity index (χ0v) is 10.5. The lowest BCUT2D eigenvalue weighted by Crippen LogP contribution is -2.32. The fraction of sp³-hybridized carbons (Fsp3) is 0.308. The van der Waals surface area contributed by atoms with Gasteiger partial charge in [-0.2, -0.15) is 0 Å². The number of carbonyl (C=O) groups is 1. The number of aromatic nitrogens is 2. The summed E-state index contributed by atoms with van der Waals surface area (Å²) in [6.07, 6.45) is 3.43. The second-order valence-corrected chi connectivity index (χ2v) is 3.94. The molecule has 0 aromatic carbocycles. The van der Waals surface area contributed by atoms with Crippen molar-refractivity contribution < 1.29 is 14.3 Å². The normalized spacial score (nSPS) is 12.1. The molecule has 19 heavy (non-hydrogen) atoms. The van der Waals surface area contributed by atoms with Gasteiger partial charge in [-0.3, -0.25) is 9.78 Å². The zero-order chi connectivity index (χ0) is 13.7. The number of pyridine rings is 1. The molecule has 0 bridgehead atoms. The molecule has 1 unspecified atom stereocenters. The predicted octanol–water partition coefficient (Wildman–Crippen LogP) is 1.10. The van der Waals surface area contributed by atoms with Crippen molar-refractivity contribution in [1.82, 2.24) is 15.3 Å². The molecule has 0 fully saturated rings. The van der Waals surface area contributed by atoms with E-state index < -0.39 is 6.04 Å². The van der Waals surface area contributed by atoms with Crippen molar-refractivity contribution in [2.24, 2.45) is 0 Å². The molecule has 2 heterocycles. The van der Waals surface area contributed by atoms with Gasteiger partial charge in [-0.25, -0.2) is 4.98 Å². The molecule has 0 spiro atoms. The summed E-state index contributed by atoms with van der Waals surface area (Å²) < 4.78 is 5.11. The van der Waals surface area contributed by atoms with Gasteiger partial charge in [0.05, 0.1) is 18.3 Å². The molecule has 0 radical (unpaired) electrons. The summed E-state index contributed by atoms with van der Waals surface area (Å²) in [4.78, 5) is 20.1. The van der Waals surface area contributed by atoms with Crippen molar-refractivity contribution in [2.75, 3.05) is 6.61 Å². The van der Waals surface area contributed by atoms with Crippen molar-refractivity contribution in [1.29, 1.82) is 0 Å². The number of hydrogen-bond donors (Lipinski definition) is 2. The van der Waals surface area contributed by atoms with Crippen molar-refractivity contribution in [3.63, 3.8) is 0 Å². The molecule has 1 atom stereocenters. The van der Waals surface area contributed by atoms with Crippen LogP contribution in [0.4, 0.5) is 0 Å². The van der Waals surface area contributed by atoms with Crippen LogP contribution in [-0.2, 0) is 6.42 Å². The molecule has 2 aromatic rings. The second-order valence-electron chi connectivity index (χ2n) is 3.94. The highest BCUT2D eigenvalue weighted by molar-refractivity contribution is 5.93. The van der Waals surface area contributed by atoms with E-state index in [0.29, 0.717) is 17.9 Å². The summed E-state index contributed by atoms with van der Waals surface area (Å²) in [6.45, 7) is 1.64. The van der Waals surface area contributed by atoms with E-state index in [4.69, 9.17) is 4.42 Å². The smallest absolute Gasteiger partial charge is 0.274 e. The first-order valence-corrected chi connectivity index (χ1v) is 6.01. The Hall–Kier alpha value is -2.21. The number of aryl methyl sites for hydroxylation is 1. The summed E-state index contributed by atoms with van der Waals surface area (Å²) >= 11 is 0. The Morgan fingerprint density at radius 3 is 2.95 bits per heavy atom. The van der Waals surface area contributed by atoms with Crippen molar-refractivity contribution in [2.45, 2.75) is 19.4 Å². The maximum Gasteiger partial charge on any atom is 0.274 e. The average molecular weight is 261 g/mol. The lowest BCUT2D eigenvalue weighted by molar-refractivity contribution is 0.0908. The summed E-state index contributed by atoms with van der Waals surface area (Å²) in [7, 11) is 0. The van der Waals surface area contributed by atoms with Crippen molar-refractivity contribution in [3.05, 3.63) is 47.9 Å². The second kappa shape index (κ2) is 6.10. The highest BCUT2D eigenvalue weighted by Gasteiger charge is 2.20. The maximum atomic E-state index is 12.1. The molecule has 1 amide bonds. The number of oxazole rings is 1. The van der Waals surface area contributed by atoms with E-state index in [9.17, 15) is 9.90 Å². The zero-order valence-electron chi connectivity index (χ0n) is 10.5. The third kappa shape index (κ3) is 2.97. The van der Waals surface area contributed by atoms with E-state index in [-0.39, 0.29) is 18.2 Å². The van der Waals surface area contributed by atoms with Gasteiger partial charge in [0, 0.05) is 12.6 Å². The molecular formula is C13H15N3O3. The number of rotatable bonds is 5. The fourth-order valence-electron chi connectivity index (χ4n) is 1.73. The minimum Gasteiger partial charge on any atom is -0.448 e. The van der Waals surface area contributed by atoms with Crippen LogP contribution in [0.25, 0.3) is 0 Å². The number of nitrogens with zero attached hydrogens (tertiary/aromatic N) is 2. The molecule has 6 nitrogen and oxygen atoms in total. The van der Waals surface area contributed by atoms with Gasteiger partial charge in [0.2, 0.25) is 0 Å². The van der Waals surface area contributed by atoms with Crippen molar-refractivity contribution in [3.8, 4) is 0 Å². The Morgan fingerprint density at radius 1 is 1.47 bits per heavy atom. The third-order valence-electron chi connectivity index (χ3n) is 2.71. The first-order valence-electron chi connectivity index (χ1n) is 6.01. The van der Waals surface area contributed by atoms with Gasteiger partial charge in [0.15, 0.2) is 12.1 Å². The summed E-state index contributed by atoms with van der Waals surface area (Å²) in [5.74, 6) is 0.144. The number of hydrogen-bond acceptors (Lipinski definition) is 5. The van der Waals surface area contributed by atoms with Crippen molar-refractivity contribution >= 4 is 5.91 Å². The number of amides is 1. The molecule has 0 aliphatic heterocycles. The van der Waals surface area contributed by atoms with Crippen LogP contribution in [0.1, 0.15) is 34.9 Å². The van der Waals surface area contributed by atoms with Gasteiger partial charge in [-0.15, -0.1) is 0 Å². The van der Waals surface area contributed by atoms with Crippen LogP contribution in [0.3, 0.4) is 0 Å². The largest absolute Gasteiger partial charge is 0.448 e. The topological polar surface area (TPSA) is 88.2 Å². The van der Waals surface area contributed by atoms with Crippen LogP contribution in [0.5, 0.6) is 0 Å². The Bertz CT molecular complexity index is 539. The summed E-state index contributed by atoms with van der Waals surface area (Å²) in [5.41, 5.74) is 0.844. The molecule has 100 valence electrons. The van der Waals surface area contributed by atoms with Gasteiger partial charge in [0.1, 0.15) is 5.76 Å². The molecule has 0 saturated heterocycles. The molecular weight excluding hydrogens is 246 g/mol. The Labute approximate surface area is 110 Å². The van der Waals surface area contributed by atoms with Gasteiger partial charge < -0.3 is 14.8 Å². The van der Waals surface area contributed by atoms with Gasteiger partial charge in [-0.1, -0.05) is 13.0 Å². The summed E-state index contributed by atoms with van der Waals surface area (Å²) in [6, 6.07) is 4.75. The fourth-order valence-corrected chi connectivity index (χ4v) is 1.73. The Balaban J connectivity index is 2.13. The number of aliphatic hydroxyl groups is 1. The van der Waals surface area contributed by atoms with Crippen LogP contribution < -0.4 is 5.32 Å². The van der Waals surface area contributed by atoms with Crippen LogP contribution in [0.15, 0.2) is 35.2 Å². The molecule has 0 saturated carbocycles. The first kappa shape index (κ1) is 13.2. The van der Waals surface area contributed by atoms with Crippen LogP contribution in [0.2, 0.25) is 0 Å². The highest BCUT2D eigenvalue weighted by atomic mass is 16.3. The van der Waals surface area contributed by atoms with Crippen LogP contribution in [-0.4, -0.2) is 27.6 Å².